The fourth-order valence-electron chi connectivity index (χ4n) is 5.88. The second kappa shape index (κ2) is 8.99. The fraction of sp³-hybridized carbons (Fsp3) is 0.519. The van der Waals surface area contributed by atoms with Crippen LogP contribution in [0.1, 0.15) is 58.6 Å². The van der Waals surface area contributed by atoms with E-state index in [0.717, 1.165) is 82.0 Å². The minimum Gasteiger partial charge on any atom is -0.486 e. The van der Waals surface area contributed by atoms with Crippen LogP contribution in [0.4, 0.5) is 0 Å². The van der Waals surface area contributed by atoms with E-state index in [1.165, 1.54) is 16.7 Å². The van der Waals surface area contributed by atoms with Gasteiger partial charge in [0.15, 0.2) is 11.5 Å². The van der Waals surface area contributed by atoms with Crippen molar-refractivity contribution in [2.75, 3.05) is 39.4 Å². The average molecular weight is 448 g/mol. The second-order valence-corrected chi connectivity index (χ2v) is 9.88. The number of benzene rings is 2. The van der Waals surface area contributed by atoms with E-state index in [1.54, 1.807) is 0 Å². The van der Waals surface area contributed by atoms with Crippen LogP contribution < -0.4 is 14.8 Å². The number of hydrogen-bond donors (Lipinski definition) is 1. The lowest BCUT2D eigenvalue weighted by molar-refractivity contribution is 0.0674. The van der Waals surface area contributed by atoms with Crippen LogP contribution in [-0.4, -0.2) is 61.1 Å². The van der Waals surface area contributed by atoms with Gasteiger partial charge in [-0.3, -0.25) is 9.69 Å². The molecular weight excluding hydrogens is 414 g/mol. The van der Waals surface area contributed by atoms with Crippen LogP contribution in [-0.2, 0) is 13.1 Å². The molecule has 2 aromatic carbocycles. The quantitative estimate of drug-likeness (QED) is 0.777. The monoisotopic (exact) mass is 447 g/mol. The van der Waals surface area contributed by atoms with E-state index in [4.69, 9.17) is 9.47 Å². The Morgan fingerprint density at radius 3 is 2.64 bits per heavy atom. The summed E-state index contributed by atoms with van der Waals surface area (Å²) in [5, 5.41) is 3.45. The summed E-state index contributed by atoms with van der Waals surface area (Å²) in [6, 6.07) is 13.3. The van der Waals surface area contributed by atoms with Crippen molar-refractivity contribution in [1.29, 1.82) is 0 Å². The zero-order valence-corrected chi connectivity index (χ0v) is 19.2. The number of carbonyl (C=O) groups is 1. The maximum atomic E-state index is 13.0. The highest BCUT2D eigenvalue weighted by Gasteiger charge is 2.34. The molecule has 4 aliphatic rings. The summed E-state index contributed by atoms with van der Waals surface area (Å²) in [7, 11) is 0. The minimum atomic E-state index is 0.222. The molecule has 0 aliphatic carbocycles. The van der Waals surface area contributed by atoms with Crippen molar-refractivity contribution in [2.24, 2.45) is 0 Å². The largest absolute Gasteiger partial charge is 0.486 e. The van der Waals surface area contributed by atoms with Gasteiger partial charge in [-0.25, -0.2) is 0 Å². The molecule has 0 bridgehead atoms. The van der Waals surface area contributed by atoms with Gasteiger partial charge in [-0.1, -0.05) is 18.2 Å². The average Bonchev–Trinajstić information content (AvgIpc) is 3.21. The van der Waals surface area contributed by atoms with Crippen LogP contribution in [0, 0.1) is 0 Å². The molecule has 33 heavy (non-hydrogen) atoms. The lowest BCUT2D eigenvalue weighted by atomic mass is 9.87. The molecule has 6 rings (SSSR count). The molecule has 6 heteroatoms. The summed E-state index contributed by atoms with van der Waals surface area (Å²) in [6.07, 6.45) is 4.59. The molecule has 1 unspecified atom stereocenters. The fourth-order valence-corrected chi connectivity index (χ4v) is 5.88. The van der Waals surface area contributed by atoms with Gasteiger partial charge in [0.2, 0.25) is 0 Å². The Morgan fingerprint density at radius 2 is 1.82 bits per heavy atom. The van der Waals surface area contributed by atoms with Crippen molar-refractivity contribution in [3.8, 4) is 11.5 Å². The molecule has 2 saturated heterocycles. The van der Waals surface area contributed by atoms with E-state index in [9.17, 15) is 4.79 Å². The number of piperidine rings is 2. The molecule has 174 valence electrons. The van der Waals surface area contributed by atoms with Gasteiger partial charge in [-0.05, 0) is 86.1 Å². The lowest BCUT2D eigenvalue weighted by Crippen LogP contribution is -2.46. The van der Waals surface area contributed by atoms with E-state index in [2.05, 4.69) is 45.4 Å². The maximum Gasteiger partial charge on any atom is 0.254 e. The SMILES string of the molecule is O=C1c2ccc(C3CCN(Cc4ccc5c(c4)OCCO5)CC3)cc2CN1C1CCCNC1. The molecule has 4 aliphatic heterocycles. The molecule has 6 nitrogen and oxygen atoms in total. The summed E-state index contributed by atoms with van der Waals surface area (Å²) in [4.78, 5) is 17.6. The number of carbonyl (C=O) groups excluding carboxylic acids is 1. The second-order valence-electron chi connectivity index (χ2n) is 9.88. The smallest absolute Gasteiger partial charge is 0.254 e. The highest BCUT2D eigenvalue weighted by molar-refractivity contribution is 5.98. The Labute approximate surface area is 195 Å². The number of ether oxygens (including phenoxy) is 2. The molecule has 4 heterocycles. The predicted octanol–water partition coefficient (Wildman–Crippen LogP) is 3.55. The van der Waals surface area contributed by atoms with Crippen LogP contribution in [0.3, 0.4) is 0 Å². The molecule has 0 spiro atoms. The Bertz CT molecular complexity index is 1030. The molecule has 2 fully saturated rings. The maximum absolute atomic E-state index is 13.0. The number of nitrogens with one attached hydrogen (secondary N) is 1. The number of nitrogens with zero attached hydrogens (tertiary/aromatic N) is 2. The third kappa shape index (κ3) is 4.22. The van der Waals surface area contributed by atoms with Crippen LogP contribution in [0.2, 0.25) is 0 Å². The van der Waals surface area contributed by atoms with Crippen molar-refractivity contribution in [3.63, 3.8) is 0 Å². The number of likely N-dealkylation sites (tertiary alicyclic amines) is 1. The molecule has 0 aromatic heterocycles. The molecule has 0 saturated carbocycles. The highest BCUT2D eigenvalue weighted by Crippen LogP contribution is 2.35. The van der Waals surface area contributed by atoms with Crippen molar-refractivity contribution < 1.29 is 14.3 Å². The summed E-state index contributed by atoms with van der Waals surface area (Å²) < 4.78 is 11.4. The Hall–Kier alpha value is -2.57. The summed E-state index contributed by atoms with van der Waals surface area (Å²) >= 11 is 0. The van der Waals surface area contributed by atoms with Gasteiger partial charge in [-0.15, -0.1) is 0 Å². The highest BCUT2D eigenvalue weighted by atomic mass is 16.6. The van der Waals surface area contributed by atoms with Crippen LogP contribution in [0.15, 0.2) is 36.4 Å². The van der Waals surface area contributed by atoms with Gasteiger partial charge in [0.25, 0.3) is 5.91 Å². The molecule has 0 radical (unpaired) electrons. The zero-order chi connectivity index (χ0) is 22.2. The molecule has 2 aromatic rings. The topological polar surface area (TPSA) is 54.0 Å². The van der Waals surface area contributed by atoms with E-state index >= 15 is 0 Å². The van der Waals surface area contributed by atoms with Crippen molar-refractivity contribution in [3.05, 3.63) is 58.7 Å². The van der Waals surface area contributed by atoms with Gasteiger partial charge < -0.3 is 19.7 Å². The van der Waals surface area contributed by atoms with Gasteiger partial charge in [-0.2, -0.15) is 0 Å². The first kappa shape index (κ1) is 21.0. The molecule has 1 N–H and O–H groups in total. The Balaban J connectivity index is 1.07. The Kier molecular flexibility index (Phi) is 5.72. The first-order valence-electron chi connectivity index (χ1n) is 12.5. The number of rotatable bonds is 4. The van der Waals surface area contributed by atoms with Crippen molar-refractivity contribution in [2.45, 2.75) is 50.7 Å². The molecule has 1 amide bonds. The van der Waals surface area contributed by atoms with Crippen LogP contribution in [0.25, 0.3) is 0 Å². The standard InChI is InChI=1S/C27H33N3O3/c31-27-24-5-4-21(15-22(24)18-30(27)23-2-1-9-28-16-23)20-7-10-29(11-8-20)17-19-3-6-25-26(14-19)33-13-12-32-25/h3-6,14-15,20,23,28H,1-2,7-13,16-18H2. The van der Waals surface area contributed by atoms with E-state index in [1.807, 2.05) is 6.07 Å². The zero-order valence-electron chi connectivity index (χ0n) is 19.2. The first-order chi connectivity index (χ1) is 16.2. The summed E-state index contributed by atoms with van der Waals surface area (Å²) in [5.41, 5.74) is 4.83. The lowest BCUT2D eigenvalue weighted by Gasteiger charge is -2.32. The van der Waals surface area contributed by atoms with Crippen LogP contribution in [0.5, 0.6) is 11.5 Å². The normalized spacial score (nSPS) is 23.6. The number of amides is 1. The predicted molar refractivity (Wildman–Crippen MR) is 127 cm³/mol. The van der Waals surface area contributed by atoms with Crippen LogP contribution >= 0.6 is 0 Å². The summed E-state index contributed by atoms with van der Waals surface area (Å²) in [6.45, 7) is 7.17. The van der Waals surface area contributed by atoms with Gasteiger partial charge in [0.1, 0.15) is 13.2 Å². The van der Waals surface area contributed by atoms with E-state index in [0.29, 0.717) is 25.2 Å². The third-order valence-electron chi connectivity index (χ3n) is 7.74. The first-order valence-corrected chi connectivity index (χ1v) is 12.5. The minimum absolute atomic E-state index is 0.222. The van der Waals surface area contributed by atoms with Gasteiger partial charge >= 0.3 is 0 Å². The Morgan fingerprint density at radius 1 is 0.970 bits per heavy atom. The number of hydrogen-bond acceptors (Lipinski definition) is 5. The summed E-state index contributed by atoms with van der Waals surface area (Å²) in [5.74, 6) is 2.53. The van der Waals surface area contributed by atoms with E-state index < -0.39 is 0 Å². The van der Waals surface area contributed by atoms with Gasteiger partial charge in [0.05, 0.1) is 0 Å². The van der Waals surface area contributed by atoms with Crippen molar-refractivity contribution in [1.82, 2.24) is 15.1 Å². The van der Waals surface area contributed by atoms with Gasteiger partial charge in [0, 0.05) is 31.2 Å². The van der Waals surface area contributed by atoms with E-state index in [-0.39, 0.29) is 5.91 Å². The third-order valence-corrected chi connectivity index (χ3v) is 7.74. The molecular formula is C27H33N3O3. The molecule has 1 atom stereocenters. The van der Waals surface area contributed by atoms with Crippen molar-refractivity contribution >= 4 is 5.91 Å². The number of fused-ring (bicyclic) bond motifs is 2.